The van der Waals surface area contributed by atoms with Gasteiger partial charge >= 0.3 is 12.1 Å². The highest BCUT2D eigenvalue weighted by molar-refractivity contribution is 5.90. The number of rotatable bonds is 10. The number of aryl methyl sites for hydroxylation is 2. The standard InChI is InChI=1S/C59H72N10O4/c1-31(2)52(66-58(60)72)56(70)68-48-12-8-6-10-40(48)29-50(68)54-62-44-22-20-38(27-46(44)64-54)42-25-34-14-16-35-18-19-36(33(5)24-37(42)17-15-34)26-43(35)39-21-23-45-47(28-39)65-55(63-45)51-30-41-11-7-9-13-49(41)69(51)57(71)53(32(3)4)67-59(61)73/h15,17-23,25-28,31-33,40-41,48-53H,6-14,16,24,29-30H2,1-5H3,(H,62,64)(H,63,65)(H3,60,66,72)(H3,61,67,73)/t33-,40+,41+,48+,49+,50+,51+,52+,53+/m1/s1. The number of H-pyrrole nitrogens is 2. The Kier molecular flexibility index (Phi) is 13.1. The van der Waals surface area contributed by atoms with E-state index in [0.29, 0.717) is 11.8 Å². The van der Waals surface area contributed by atoms with Crippen LogP contribution in [0, 0.1) is 23.7 Å². The van der Waals surface area contributed by atoms with Crippen molar-refractivity contribution in [3.63, 3.8) is 0 Å². The maximum atomic E-state index is 14.4. The van der Waals surface area contributed by atoms with E-state index in [9.17, 15) is 19.2 Å². The summed E-state index contributed by atoms with van der Waals surface area (Å²) in [5, 5.41) is 5.51. The molecule has 2 aliphatic heterocycles. The van der Waals surface area contributed by atoms with Gasteiger partial charge in [-0.3, -0.25) is 9.59 Å². The maximum Gasteiger partial charge on any atom is 0.312 e. The van der Waals surface area contributed by atoms with Gasteiger partial charge in [-0.2, -0.15) is 0 Å². The number of likely N-dealkylation sites (tertiary alicyclic amines) is 2. The second-order valence-electron chi connectivity index (χ2n) is 22.9. The van der Waals surface area contributed by atoms with Crippen molar-refractivity contribution in [2.45, 2.75) is 160 Å². The van der Waals surface area contributed by atoms with Gasteiger partial charge in [0.1, 0.15) is 23.7 Å². The highest BCUT2D eigenvalue weighted by Gasteiger charge is 2.50. The molecule has 14 rings (SSSR count). The van der Waals surface area contributed by atoms with Gasteiger partial charge in [0.25, 0.3) is 0 Å². The first-order valence-corrected chi connectivity index (χ1v) is 27.2. The maximum absolute atomic E-state index is 14.4. The summed E-state index contributed by atoms with van der Waals surface area (Å²) in [4.78, 5) is 74.8. The second-order valence-corrected chi connectivity index (χ2v) is 22.9. The number of fused-ring (bicyclic) bond motifs is 4. The van der Waals surface area contributed by atoms with Crippen LogP contribution in [0.2, 0.25) is 0 Å². The first kappa shape index (κ1) is 48.6. The molecule has 4 bridgehead atoms. The Balaban J connectivity index is 0.867. The molecule has 0 unspecified atom stereocenters. The van der Waals surface area contributed by atoms with Crippen molar-refractivity contribution >= 4 is 45.9 Å². The molecule has 6 amide bonds. The van der Waals surface area contributed by atoms with Crippen LogP contribution in [-0.2, 0) is 28.9 Å². The summed E-state index contributed by atoms with van der Waals surface area (Å²) in [6.45, 7) is 10.1. The summed E-state index contributed by atoms with van der Waals surface area (Å²) >= 11 is 0. The lowest BCUT2D eigenvalue weighted by Crippen LogP contribution is -2.54. The largest absolute Gasteiger partial charge is 0.352 e. The van der Waals surface area contributed by atoms with E-state index in [-0.39, 0.29) is 53.7 Å². The number of nitrogens with zero attached hydrogens (tertiary/aromatic N) is 4. The monoisotopic (exact) mass is 985 g/mol. The smallest absolute Gasteiger partial charge is 0.312 e. The van der Waals surface area contributed by atoms with Gasteiger partial charge in [-0.05, 0) is 156 Å². The molecule has 4 aromatic carbocycles. The Morgan fingerprint density at radius 2 is 1.10 bits per heavy atom. The molecule has 0 spiro atoms. The zero-order valence-electron chi connectivity index (χ0n) is 43.0. The third-order valence-electron chi connectivity index (χ3n) is 17.5. The summed E-state index contributed by atoms with van der Waals surface area (Å²) in [6.07, 6.45) is 12.8. The van der Waals surface area contributed by atoms with Gasteiger partial charge in [0.2, 0.25) is 11.8 Å². The molecular formula is C59H72N10O4. The molecule has 73 heavy (non-hydrogen) atoms. The van der Waals surface area contributed by atoms with E-state index >= 15 is 0 Å². The van der Waals surface area contributed by atoms with Gasteiger partial charge in [0.15, 0.2) is 0 Å². The van der Waals surface area contributed by atoms with Crippen LogP contribution in [-0.4, -0.2) is 77.8 Å². The lowest BCUT2D eigenvalue weighted by molar-refractivity contribution is -0.139. The molecule has 6 aromatic rings. The van der Waals surface area contributed by atoms with Crippen molar-refractivity contribution < 1.29 is 19.2 Å². The van der Waals surface area contributed by atoms with Crippen LogP contribution in [0.4, 0.5) is 9.59 Å². The zero-order chi connectivity index (χ0) is 50.8. The molecular weight excluding hydrogens is 913 g/mol. The van der Waals surface area contributed by atoms with Crippen molar-refractivity contribution in [2.75, 3.05) is 0 Å². The Morgan fingerprint density at radius 3 is 1.60 bits per heavy atom. The Labute approximate surface area is 428 Å². The minimum absolute atomic E-state index is 0.0791. The average molecular weight is 985 g/mol. The Bertz CT molecular complexity index is 3100. The SMILES string of the molecule is CC(C)[C@H](NC(N)=O)C(=O)N1[C@H](c2nc3cc(-c4cc5ccc4CCc4ccc(c(-c6ccc7[nH]c([C@@H]8C[C@@H]9CCCC[C@@H]9N8C(=O)[C@@H](NC(N)=O)C(C)C)nc7c6)c4)C[C@H]5C)ccc3[nH]2)C[C@@H]2CCCC[C@@H]21. The third kappa shape index (κ3) is 9.24. The van der Waals surface area contributed by atoms with Gasteiger partial charge in [-0.25, -0.2) is 19.6 Å². The number of urea groups is 2. The van der Waals surface area contributed by atoms with Crippen LogP contribution in [0.1, 0.15) is 151 Å². The van der Waals surface area contributed by atoms with Gasteiger partial charge in [0, 0.05) is 12.1 Å². The summed E-state index contributed by atoms with van der Waals surface area (Å²) < 4.78 is 0. The second kappa shape index (κ2) is 19.6. The predicted molar refractivity (Wildman–Crippen MR) is 285 cm³/mol. The van der Waals surface area contributed by atoms with E-state index < -0.39 is 24.1 Å². The molecule has 9 atom stereocenters. The molecule has 14 nitrogen and oxygen atoms in total. The van der Waals surface area contributed by atoms with Gasteiger partial charge in [-0.15, -0.1) is 0 Å². The molecule has 4 fully saturated rings. The first-order chi connectivity index (χ1) is 35.2. The molecule has 2 saturated heterocycles. The van der Waals surface area contributed by atoms with Crippen LogP contribution >= 0.6 is 0 Å². The predicted octanol–water partition coefficient (Wildman–Crippen LogP) is 10.3. The number of carbonyl (C=O) groups is 4. The number of aromatic amines is 2. The van der Waals surface area contributed by atoms with Crippen molar-refractivity contribution in [1.29, 1.82) is 0 Å². The van der Waals surface area contributed by atoms with Crippen LogP contribution in [0.15, 0.2) is 72.8 Å². The number of benzene rings is 4. The third-order valence-corrected chi connectivity index (χ3v) is 17.5. The fourth-order valence-corrected chi connectivity index (χ4v) is 13.7. The van der Waals surface area contributed by atoms with Crippen LogP contribution < -0.4 is 22.1 Å². The van der Waals surface area contributed by atoms with Crippen molar-refractivity contribution in [3.05, 3.63) is 107 Å². The van der Waals surface area contributed by atoms with E-state index in [2.05, 4.69) is 100 Å². The molecule has 8 N–H and O–H groups in total. The molecule has 382 valence electrons. The summed E-state index contributed by atoms with van der Waals surface area (Å²) in [5.74, 6) is 2.22. The topological polar surface area (TPSA) is 208 Å². The summed E-state index contributed by atoms with van der Waals surface area (Å²) in [6, 6.07) is 24.1. The Hall–Kier alpha value is -6.70. The lowest BCUT2D eigenvalue weighted by Gasteiger charge is -2.36. The number of nitrogens with one attached hydrogen (secondary N) is 4. The molecule has 8 aliphatic rings. The number of hydrogen-bond donors (Lipinski definition) is 6. The highest BCUT2D eigenvalue weighted by atomic mass is 16.2. The van der Waals surface area contributed by atoms with E-state index in [1.165, 1.54) is 33.4 Å². The number of nitrogens with two attached hydrogens (primary N) is 2. The average Bonchev–Trinajstić information content (AvgIpc) is 4.18. The molecule has 14 heteroatoms. The van der Waals surface area contributed by atoms with Crippen molar-refractivity contribution in [1.82, 2.24) is 40.4 Å². The van der Waals surface area contributed by atoms with E-state index in [1.807, 2.05) is 37.5 Å². The molecule has 2 aromatic heterocycles. The first-order valence-electron chi connectivity index (χ1n) is 27.2. The Morgan fingerprint density at radius 1 is 0.603 bits per heavy atom. The van der Waals surface area contributed by atoms with Crippen LogP contribution in [0.25, 0.3) is 44.3 Å². The molecule has 2 saturated carbocycles. The van der Waals surface area contributed by atoms with Gasteiger partial charge in [0.05, 0.1) is 34.2 Å². The van der Waals surface area contributed by atoms with E-state index in [1.54, 1.807) is 0 Å². The fraction of sp³-hybridized carbons (Fsp3) is 0.492. The number of primary amides is 2. The quantitative estimate of drug-likeness (QED) is 0.0786. The zero-order valence-corrected chi connectivity index (χ0v) is 43.0. The van der Waals surface area contributed by atoms with Crippen molar-refractivity contribution in [2.24, 2.45) is 35.1 Å². The van der Waals surface area contributed by atoms with Crippen LogP contribution in [0.3, 0.4) is 0 Å². The molecule has 6 aliphatic carbocycles. The summed E-state index contributed by atoms with van der Waals surface area (Å²) in [7, 11) is 0. The summed E-state index contributed by atoms with van der Waals surface area (Å²) in [5.41, 5.74) is 24.6. The normalized spacial score (nSPS) is 24.6. The molecule has 0 radical (unpaired) electrons. The number of aromatic nitrogens is 4. The minimum atomic E-state index is -0.701. The van der Waals surface area contributed by atoms with E-state index in [4.69, 9.17) is 21.4 Å². The van der Waals surface area contributed by atoms with Crippen molar-refractivity contribution in [3.8, 4) is 22.3 Å². The van der Waals surface area contributed by atoms with Gasteiger partial charge in [-0.1, -0.05) is 109 Å². The lowest BCUT2D eigenvalue weighted by atomic mass is 9.84. The highest BCUT2D eigenvalue weighted by Crippen LogP contribution is 2.48. The number of carbonyl (C=O) groups excluding carboxylic acids is 4. The van der Waals surface area contributed by atoms with Gasteiger partial charge < -0.3 is 41.9 Å². The number of amides is 6. The van der Waals surface area contributed by atoms with E-state index in [0.717, 1.165) is 128 Å². The fourth-order valence-electron chi connectivity index (χ4n) is 13.7. The molecule has 4 heterocycles. The minimum Gasteiger partial charge on any atom is -0.352 e. The van der Waals surface area contributed by atoms with Crippen LogP contribution in [0.5, 0.6) is 0 Å². The number of hydrogen-bond acceptors (Lipinski definition) is 6. The number of imidazole rings is 2.